The molecule has 1 aromatic rings. The van der Waals surface area contributed by atoms with E-state index in [2.05, 4.69) is 16.0 Å². The second kappa shape index (κ2) is 3.68. The monoisotopic (exact) mass is 162 g/mol. The van der Waals surface area contributed by atoms with Crippen molar-refractivity contribution >= 4 is 0 Å². The van der Waals surface area contributed by atoms with Gasteiger partial charge in [0, 0.05) is 18.9 Å². The van der Waals surface area contributed by atoms with Crippen molar-refractivity contribution in [3.05, 3.63) is 30.1 Å². The van der Waals surface area contributed by atoms with Crippen molar-refractivity contribution in [3.8, 4) is 0 Å². The van der Waals surface area contributed by atoms with Gasteiger partial charge in [-0.15, -0.1) is 0 Å². The maximum Gasteiger partial charge on any atom is 0.0312 e. The Morgan fingerprint density at radius 1 is 1.33 bits per heavy atom. The first kappa shape index (κ1) is 7.74. The SMILES string of the molecule is c1cncc(CN2CCCC2)c1. The summed E-state index contributed by atoms with van der Waals surface area (Å²) < 4.78 is 0. The van der Waals surface area contributed by atoms with Crippen LogP contribution in [0.1, 0.15) is 18.4 Å². The molecule has 0 saturated carbocycles. The largest absolute Gasteiger partial charge is 0.299 e. The van der Waals surface area contributed by atoms with Crippen LogP contribution in [0.25, 0.3) is 0 Å². The average molecular weight is 162 g/mol. The van der Waals surface area contributed by atoms with Gasteiger partial charge in [0.2, 0.25) is 0 Å². The van der Waals surface area contributed by atoms with Gasteiger partial charge in [-0.1, -0.05) is 6.07 Å². The second-order valence-corrected chi connectivity index (χ2v) is 3.34. The minimum Gasteiger partial charge on any atom is -0.299 e. The topological polar surface area (TPSA) is 16.1 Å². The minimum absolute atomic E-state index is 1.08. The van der Waals surface area contributed by atoms with Crippen molar-refractivity contribution in [1.82, 2.24) is 9.88 Å². The molecule has 0 aromatic carbocycles. The van der Waals surface area contributed by atoms with Crippen molar-refractivity contribution in [3.63, 3.8) is 0 Å². The second-order valence-electron chi connectivity index (χ2n) is 3.34. The Labute approximate surface area is 73.2 Å². The zero-order chi connectivity index (χ0) is 8.23. The molecule has 2 rings (SSSR count). The van der Waals surface area contributed by atoms with E-state index >= 15 is 0 Å². The Balaban J connectivity index is 1.94. The molecule has 2 nitrogen and oxygen atoms in total. The molecule has 0 aliphatic carbocycles. The predicted octanol–water partition coefficient (Wildman–Crippen LogP) is 1.68. The third-order valence-electron chi connectivity index (χ3n) is 2.33. The van der Waals surface area contributed by atoms with Crippen molar-refractivity contribution in [2.24, 2.45) is 0 Å². The van der Waals surface area contributed by atoms with Gasteiger partial charge in [0.25, 0.3) is 0 Å². The fourth-order valence-corrected chi connectivity index (χ4v) is 1.69. The summed E-state index contributed by atoms with van der Waals surface area (Å²) in [5, 5.41) is 0. The van der Waals surface area contributed by atoms with Crippen LogP contribution in [0.5, 0.6) is 0 Å². The molecule has 2 heterocycles. The number of pyridine rings is 1. The quantitative estimate of drug-likeness (QED) is 0.657. The molecule has 0 bridgehead atoms. The number of aromatic nitrogens is 1. The summed E-state index contributed by atoms with van der Waals surface area (Å²) in [6, 6.07) is 4.15. The van der Waals surface area contributed by atoms with Crippen LogP contribution in [0.3, 0.4) is 0 Å². The molecule has 0 spiro atoms. The summed E-state index contributed by atoms with van der Waals surface area (Å²) >= 11 is 0. The van der Waals surface area contributed by atoms with E-state index in [9.17, 15) is 0 Å². The van der Waals surface area contributed by atoms with Crippen LogP contribution in [-0.4, -0.2) is 23.0 Å². The molecule has 1 aromatic heterocycles. The molecular formula is C10H14N2. The summed E-state index contributed by atoms with van der Waals surface area (Å²) in [6.45, 7) is 3.59. The average Bonchev–Trinajstić information content (AvgIpc) is 2.59. The molecule has 0 radical (unpaired) electrons. The summed E-state index contributed by atoms with van der Waals surface area (Å²) in [4.78, 5) is 6.58. The fourth-order valence-electron chi connectivity index (χ4n) is 1.69. The first-order valence-corrected chi connectivity index (χ1v) is 4.56. The lowest BCUT2D eigenvalue weighted by atomic mass is 10.3. The van der Waals surface area contributed by atoms with Gasteiger partial charge in [-0.3, -0.25) is 9.88 Å². The van der Waals surface area contributed by atoms with E-state index in [1.165, 1.54) is 31.5 Å². The van der Waals surface area contributed by atoms with E-state index in [4.69, 9.17) is 0 Å². The Bertz CT molecular complexity index is 227. The highest BCUT2D eigenvalue weighted by Gasteiger charge is 2.10. The van der Waals surface area contributed by atoms with Gasteiger partial charge in [0.1, 0.15) is 0 Å². The molecule has 1 saturated heterocycles. The summed E-state index contributed by atoms with van der Waals surface area (Å²) in [5.41, 5.74) is 1.33. The third kappa shape index (κ3) is 1.83. The number of likely N-dealkylation sites (tertiary alicyclic amines) is 1. The van der Waals surface area contributed by atoms with E-state index in [1.54, 1.807) is 0 Å². The Hall–Kier alpha value is -0.890. The van der Waals surface area contributed by atoms with Gasteiger partial charge in [0.05, 0.1) is 0 Å². The molecule has 0 amide bonds. The van der Waals surface area contributed by atoms with Crippen molar-refractivity contribution in [1.29, 1.82) is 0 Å². The maximum absolute atomic E-state index is 4.10. The van der Waals surface area contributed by atoms with Crippen LogP contribution < -0.4 is 0 Å². The lowest BCUT2D eigenvalue weighted by Crippen LogP contribution is -2.18. The van der Waals surface area contributed by atoms with Crippen LogP contribution in [-0.2, 0) is 6.54 Å². The molecule has 0 atom stereocenters. The first-order chi connectivity index (χ1) is 5.95. The highest BCUT2D eigenvalue weighted by atomic mass is 15.1. The standard InChI is InChI=1S/C10H14N2/c1-2-7-12(6-1)9-10-4-3-5-11-8-10/h3-5,8H,1-2,6-7,9H2. The lowest BCUT2D eigenvalue weighted by molar-refractivity contribution is 0.331. The van der Waals surface area contributed by atoms with Crippen molar-refractivity contribution in [2.45, 2.75) is 19.4 Å². The van der Waals surface area contributed by atoms with Gasteiger partial charge in [0.15, 0.2) is 0 Å². The summed E-state index contributed by atoms with van der Waals surface area (Å²) in [6.07, 6.45) is 6.51. The van der Waals surface area contributed by atoms with E-state index in [-0.39, 0.29) is 0 Å². The van der Waals surface area contributed by atoms with Crippen molar-refractivity contribution < 1.29 is 0 Å². The lowest BCUT2D eigenvalue weighted by Gasteiger charge is -2.13. The minimum atomic E-state index is 1.08. The van der Waals surface area contributed by atoms with Crippen LogP contribution in [0.15, 0.2) is 24.5 Å². The Morgan fingerprint density at radius 2 is 2.17 bits per heavy atom. The molecule has 1 fully saturated rings. The van der Waals surface area contributed by atoms with E-state index in [1.807, 2.05) is 18.5 Å². The third-order valence-corrected chi connectivity index (χ3v) is 2.33. The molecule has 64 valence electrons. The van der Waals surface area contributed by atoms with E-state index in [0.29, 0.717) is 0 Å². The maximum atomic E-state index is 4.10. The summed E-state index contributed by atoms with van der Waals surface area (Å²) in [7, 11) is 0. The van der Waals surface area contributed by atoms with Gasteiger partial charge < -0.3 is 0 Å². The molecule has 2 heteroatoms. The first-order valence-electron chi connectivity index (χ1n) is 4.56. The highest BCUT2D eigenvalue weighted by Crippen LogP contribution is 2.11. The molecule has 0 N–H and O–H groups in total. The van der Waals surface area contributed by atoms with Gasteiger partial charge in [-0.05, 0) is 37.6 Å². The Morgan fingerprint density at radius 3 is 2.83 bits per heavy atom. The van der Waals surface area contributed by atoms with E-state index < -0.39 is 0 Å². The van der Waals surface area contributed by atoms with Crippen LogP contribution in [0, 0.1) is 0 Å². The van der Waals surface area contributed by atoms with Crippen LogP contribution >= 0.6 is 0 Å². The zero-order valence-electron chi connectivity index (χ0n) is 7.24. The molecule has 12 heavy (non-hydrogen) atoms. The van der Waals surface area contributed by atoms with Gasteiger partial charge in [-0.25, -0.2) is 0 Å². The molecule has 0 unspecified atom stereocenters. The zero-order valence-corrected chi connectivity index (χ0v) is 7.24. The number of nitrogens with zero attached hydrogens (tertiary/aromatic N) is 2. The van der Waals surface area contributed by atoms with E-state index in [0.717, 1.165) is 6.54 Å². The fraction of sp³-hybridized carbons (Fsp3) is 0.500. The smallest absolute Gasteiger partial charge is 0.0312 e. The predicted molar refractivity (Wildman–Crippen MR) is 48.7 cm³/mol. The number of hydrogen-bond donors (Lipinski definition) is 0. The number of hydrogen-bond acceptors (Lipinski definition) is 2. The normalized spacial score (nSPS) is 18.3. The van der Waals surface area contributed by atoms with Crippen LogP contribution in [0.2, 0.25) is 0 Å². The molecule has 1 aliphatic rings. The van der Waals surface area contributed by atoms with Gasteiger partial charge in [-0.2, -0.15) is 0 Å². The van der Waals surface area contributed by atoms with Crippen molar-refractivity contribution in [2.75, 3.05) is 13.1 Å². The van der Waals surface area contributed by atoms with Gasteiger partial charge >= 0.3 is 0 Å². The number of rotatable bonds is 2. The molecular weight excluding hydrogens is 148 g/mol. The highest BCUT2D eigenvalue weighted by molar-refractivity contribution is 5.08. The molecule has 1 aliphatic heterocycles. The Kier molecular flexibility index (Phi) is 2.37. The van der Waals surface area contributed by atoms with Crippen LogP contribution in [0.4, 0.5) is 0 Å². The summed E-state index contributed by atoms with van der Waals surface area (Å²) in [5.74, 6) is 0.